The van der Waals surface area contributed by atoms with Gasteiger partial charge in [-0.1, -0.05) is 0 Å². The predicted molar refractivity (Wildman–Crippen MR) is 86.3 cm³/mol. The van der Waals surface area contributed by atoms with Gasteiger partial charge in [-0.3, -0.25) is 0 Å². The second kappa shape index (κ2) is 5.85. The third-order valence-electron chi connectivity index (χ3n) is 4.02. The number of pyridine rings is 1. The minimum atomic E-state index is 0.683. The molecule has 4 rings (SSSR count). The van der Waals surface area contributed by atoms with Crippen LogP contribution < -0.4 is 0 Å². The van der Waals surface area contributed by atoms with Crippen molar-refractivity contribution < 1.29 is 9.15 Å². The van der Waals surface area contributed by atoms with E-state index in [2.05, 4.69) is 16.0 Å². The van der Waals surface area contributed by atoms with E-state index in [9.17, 15) is 0 Å². The molecule has 0 atom stereocenters. The number of methoxy groups -OCH3 is 1. The smallest absolute Gasteiger partial charge is 0.229 e. The lowest BCUT2D eigenvalue weighted by Gasteiger charge is -2.13. The van der Waals surface area contributed by atoms with Crippen LogP contribution in [0.1, 0.15) is 24.1 Å². The second-order valence-corrected chi connectivity index (χ2v) is 6.54. The van der Waals surface area contributed by atoms with Crippen LogP contribution in [0.2, 0.25) is 0 Å². The first-order chi connectivity index (χ1) is 10.9. The quantitative estimate of drug-likeness (QED) is 0.418. The number of hydrogen-bond donors (Lipinski definition) is 0. The molecule has 3 heterocycles. The van der Waals surface area contributed by atoms with Crippen LogP contribution in [-0.2, 0) is 17.6 Å². The number of rotatable bonds is 4. The van der Waals surface area contributed by atoms with Crippen molar-refractivity contribution in [2.24, 2.45) is 0 Å². The zero-order valence-corrected chi connectivity index (χ0v) is 13.3. The Morgan fingerprint density at radius 1 is 1.27 bits per heavy atom. The Morgan fingerprint density at radius 2 is 2.18 bits per heavy atom. The standard InChI is InChI=1S/C16H17N3O2S/c1-20-6-7-22-16-14-13(17-9-18-16)11-8-10-4-2-3-5-12(10)19-15(11)21-14/h8-9H,2-7H2,1H3. The number of aromatic nitrogens is 3. The number of ether oxygens (including phenoxy) is 1. The van der Waals surface area contributed by atoms with E-state index in [0.717, 1.165) is 40.1 Å². The van der Waals surface area contributed by atoms with Gasteiger partial charge in [0.1, 0.15) is 16.9 Å². The van der Waals surface area contributed by atoms with E-state index in [-0.39, 0.29) is 0 Å². The highest BCUT2D eigenvalue weighted by atomic mass is 32.2. The van der Waals surface area contributed by atoms with E-state index in [1.54, 1.807) is 25.2 Å². The average molecular weight is 315 g/mol. The number of hydrogen-bond acceptors (Lipinski definition) is 6. The van der Waals surface area contributed by atoms with Crippen LogP contribution in [0, 0.1) is 0 Å². The number of aryl methyl sites for hydroxylation is 2. The zero-order valence-electron chi connectivity index (χ0n) is 12.5. The molecule has 0 bridgehead atoms. The van der Waals surface area contributed by atoms with Gasteiger partial charge in [0.05, 0.1) is 12.0 Å². The fourth-order valence-corrected chi connectivity index (χ4v) is 3.76. The second-order valence-electron chi connectivity index (χ2n) is 5.45. The molecule has 0 fully saturated rings. The molecule has 1 aliphatic rings. The Balaban J connectivity index is 1.84. The lowest BCUT2D eigenvalue weighted by molar-refractivity contribution is 0.218. The number of thioether (sulfide) groups is 1. The molecule has 3 aromatic rings. The van der Waals surface area contributed by atoms with Crippen molar-refractivity contribution >= 4 is 34.0 Å². The summed E-state index contributed by atoms with van der Waals surface area (Å²) in [4.78, 5) is 13.5. The van der Waals surface area contributed by atoms with Crippen molar-refractivity contribution in [3.63, 3.8) is 0 Å². The molecule has 6 heteroatoms. The third kappa shape index (κ3) is 2.36. The van der Waals surface area contributed by atoms with Crippen LogP contribution in [0.4, 0.5) is 0 Å². The van der Waals surface area contributed by atoms with E-state index in [1.165, 1.54) is 24.1 Å². The lowest BCUT2D eigenvalue weighted by Crippen LogP contribution is -2.04. The van der Waals surface area contributed by atoms with Crippen molar-refractivity contribution in [3.05, 3.63) is 23.7 Å². The molecule has 0 N–H and O–H groups in total. The molecule has 0 amide bonds. The van der Waals surface area contributed by atoms with Gasteiger partial charge in [0.2, 0.25) is 5.71 Å². The summed E-state index contributed by atoms with van der Waals surface area (Å²) in [6.07, 6.45) is 6.20. The molecule has 0 spiro atoms. The molecule has 0 saturated heterocycles. The molecule has 0 aromatic carbocycles. The van der Waals surface area contributed by atoms with Crippen LogP contribution in [0.15, 0.2) is 21.8 Å². The monoisotopic (exact) mass is 315 g/mol. The molecule has 22 heavy (non-hydrogen) atoms. The molecule has 0 aliphatic heterocycles. The molecule has 5 nitrogen and oxygen atoms in total. The Morgan fingerprint density at radius 3 is 3.09 bits per heavy atom. The van der Waals surface area contributed by atoms with Crippen molar-refractivity contribution in [2.45, 2.75) is 30.7 Å². The van der Waals surface area contributed by atoms with Gasteiger partial charge in [-0.05, 0) is 37.3 Å². The van der Waals surface area contributed by atoms with Crippen LogP contribution >= 0.6 is 11.8 Å². The molecule has 3 aromatic heterocycles. The van der Waals surface area contributed by atoms with Crippen molar-refractivity contribution in [1.29, 1.82) is 0 Å². The Kier molecular flexibility index (Phi) is 3.72. The molecule has 114 valence electrons. The van der Waals surface area contributed by atoms with Gasteiger partial charge < -0.3 is 9.15 Å². The van der Waals surface area contributed by atoms with Gasteiger partial charge in [0.25, 0.3) is 0 Å². The number of fused-ring (bicyclic) bond motifs is 4. The summed E-state index contributed by atoms with van der Waals surface area (Å²) in [7, 11) is 1.70. The fourth-order valence-electron chi connectivity index (χ4n) is 2.92. The van der Waals surface area contributed by atoms with Gasteiger partial charge in [-0.15, -0.1) is 11.8 Å². The molecule has 0 radical (unpaired) electrons. The SMILES string of the molecule is COCCSc1ncnc2c1oc1nc3c(cc12)CCCC3. The van der Waals surface area contributed by atoms with E-state index < -0.39 is 0 Å². The van der Waals surface area contributed by atoms with Crippen molar-refractivity contribution in [2.75, 3.05) is 19.5 Å². The highest BCUT2D eigenvalue weighted by Crippen LogP contribution is 2.34. The van der Waals surface area contributed by atoms with Gasteiger partial charge in [0.15, 0.2) is 5.58 Å². The van der Waals surface area contributed by atoms with Gasteiger partial charge in [-0.25, -0.2) is 15.0 Å². The maximum Gasteiger partial charge on any atom is 0.229 e. The van der Waals surface area contributed by atoms with E-state index >= 15 is 0 Å². The van der Waals surface area contributed by atoms with Crippen LogP contribution in [0.3, 0.4) is 0 Å². The topological polar surface area (TPSA) is 61.0 Å². The molecule has 0 saturated carbocycles. The minimum Gasteiger partial charge on any atom is -0.433 e. The van der Waals surface area contributed by atoms with Gasteiger partial charge in [0, 0.05) is 18.6 Å². The molecule has 0 unspecified atom stereocenters. The predicted octanol–water partition coefficient (Wildman–Crippen LogP) is 3.39. The van der Waals surface area contributed by atoms with Crippen LogP contribution in [0.25, 0.3) is 22.2 Å². The minimum absolute atomic E-state index is 0.683. The first-order valence-electron chi connectivity index (χ1n) is 7.54. The highest BCUT2D eigenvalue weighted by Gasteiger charge is 2.18. The Labute approximate surface area is 132 Å². The fraction of sp³-hybridized carbons (Fsp3) is 0.438. The third-order valence-corrected chi connectivity index (χ3v) is 4.95. The van der Waals surface area contributed by atoms with E-state index in [1.807, 2.05) is 0 Å². The lowest BCUT2D eigenvalue weighted by atomic mass is 9.95. The van der Waals surface area contributed by atoms with Gasteiger partial charge >= 0.3 is 0 Å². The van der Waals surface area contributed by atoms with E-state index in [4.69, 9.17) is 14.1 Å². The van der Waals surface area contributed by atoms with Crippen molar-refractivity contribution in [3.8, 4) is 0 Å². The number of furan rings is 1. The van der Waals surface area contributed by atoms with Crippen LogP contribution in [0.5, 0.6) is 0 Å². The number of nitrogens with zero attached hydrogens (tertiary/aromatic N) is 3. The van der Waals surface area contributed by atoms with E-state index in [0.29, 0.717) is 12.3 Å². The Hall–Kier alpha value is -1.66. The van der Waals surface area contributed by atoms with Crippen LogP contribution in [-0.4, -0.2) is 34.4 Å². The first-order valence-corrected chi connectivity index (χ1v) is 8.53. The summed E-state index contributed by atoms with van der Waals surface area (Å²) in [6.45, 7) is 0.683. The zero-order chi connectivity index (χ0) is 14.9. The largest absolute Gasteiger partial charge is 0.433 e. The Bertz CT molecular complexity index is 831. The van der Waals surface area contributed by atoms with Gasteiger partial charge in [-0.2, -0.15) is 0 Å². The summed E-state index contributed by atoms with van der Waals surface area (Å²) in [5.41, 5.74) is 4.82. The molecule has 1 aliphatic carbocycles. The summed E-state index contributed by atoms with van der Waals surface area (Å²) < 4.78 is 11.1. The summed E-state index contributed by atoms with van der Waals surface area (Å²) in [5, 5.41) is 1.87. The maximum absolute atomic E-state index is 5.98. The maximum atomic E-state index is 5.98. The summed E-state index contributed by atoms with van der Waals surface area (Å²) >= 11 is 1.62. The normalized spacial score (nSPS) is 14.6. The average Bonchev–Trinajstić information content (AvgIpc) is 2.91. The van der Waals surface area contributed by atoms with Crippen molar-refractivity contribution in [1.82, 2.24) is 15.0 Å². The molecular formula is C16H17N3O2S. The molecular weight excluding hydrogens is 298 g/mol. The first kappa shape index (κ1) is 14.0. The summed E-state index contributed by atoms with van der Waals surface area (Å²) in [5.74, 6) is 0.837. The highest BCUT2D eigenvalue weighted by molar-refractivity contribution is 7.99. The summed E-state index contributed by atoms with van der Waals surface area (Å²) in [6, 6.07) is 2.21.